The van der Waals surface area contributed by atoms with Gasteiger partial charge < -0.3 is 0 Å². The van der Waals surface area contributed by atoms with E-state index in [9.17, 15) is 13.2 Å². The minimum atomic E-state index is -4.47. The fourth-order valence-corrected chi connectivity index (χ4v) is 2.44. The van der Waals surface area contributed by atoms with Gasteiger partial charge in [0.05, 0.1) is 10.6 Å². The van der Waals surface area contributed by atoms with Gasteiger partial charge in [0.25, 0.3) is 0 Å². The largest absolute Gasteiger partial charge is 0.417 e. The number of aromatic amines is 1. The van der Waals surface area contributed by atoms with Crippen LogP contribution in [-0.2, 0) is 6.18 Å². The molecule has 2 aromatic rings. The van der Waals surface area contributed by atoms with Gasteiger partial charge in [-0.15, -0.1) is 0 Å². The summed E-state index contributed by atoms with van der Waals surface area (Å²) in [4.78, 5) is 3.78. The van der Waals surface area contributed by atoms with E-state index in [1.807, 2.05) is 0 Å². The lowest BCUT2D eigenvalue weighted by Gasteiger charge is -2.09. The van der Waals surface area contributed by atoms with Gasteiger partial charge in [0.15, 0.2) is 5.82 Å². The molecule has 2 heterocycles. The Morgan fingerprint density at radius 1 is 1.35 bits per heavy atom. The van der Waals surface area contributed by atoms with Crippen molar-refractivity contribution < 1.29 is 13.2 Å². The number of halogens is 4. The van der Waals surface area contributed by atoms with E-state index in [1.54, 1.807) is 6.07 Å². The number of hydrogen-bond donors (Lipinski definition) is 1. The third kappa shape index (κ3) is 2.47. The molecule has 2 aromatic heterocycles. The van der Waals surface area contributed by atoms with Crippen LogP contribution in [0.4, 0.5) is 13.2 Å². The van der Waals surface area contributed by atoms with E-state index in [-0.39, 0.29) is 10.8 Å². The highest BCUT2D eigenvalue weighted by molar-refractivity contribution is 7.71. The second-order valence-corrected chi connectivity index (χ2v) is 5.51. The quantitative estimate of drug-likeness (QED) is 0.828. The van der Waals surface area contributed by atoms with Crippen LogP contribution in [0.25, 0.3) is 5.82 Å². The highest BCUT2D eigenvalue weighted by Gasteiger charge is 2.32. The number of hydrogen-bond acceptors (Lipinski definition) is 2. The summed E-state index contributed by atoms with van der Waals surface area (Å²) in [5.74, 6) is 0.628. The Labute approximate surface area is 122 Å². The van der Waals surface area contributed by atoms with E-state index < -0.39 is 11.7 Å². The zero-order valence-electron chi connectivity index (χ0n) is 10.0. The van der Waals surface area contributed by atoms with E-state index in [2.05, 4.69) is 10.1 Å². The van der Waals surface area contributed by atoms with Crippen LogP contribution in [0.5, 0.6) is 0 Å². The molecular formula is C12H9ClF3N3S. The van der Waals surface area contributed by atoms with Crippen LogP contribution < -0.4 is 0 Å². The van der Waals surface area contributed by atoms with Gasteiger partial charge in [-0.25, -0.2) is 9.67 Å². The topological polar surface area (TPSA) is 33.6 Å². The van der Waals surface area contributed by atoms with E-state index in [4.69, 9.17) is 23.8 Å². The predicted molar refractivity (Wildman–Crippen MR) is 70.7 cm³/mol. The average Bonchev–Trinajstić information content (AvgIpc) is 3.12. The summed E-state index contributed by atoms with van der Waals surface area (Å²) < 4.78 is 39.6. The van der Waals surface area contributed by atoms with Crippen LogP contribution in [0.15, 0.2) is 18.3 Å². The minimum Gasteiger partial charge on any atom is -0.295 e. The molecule has 106 valence electrons. The molecule has 3 rings (SSSR count). The molecule has 0 spiro atoms. The van der Waals surface area contributed by atoms with E-state index in [0.717, 1.165) is 30.8 Å². The predicted octanol–water partition coefficient (Wildman–Crippen LogP) is 4.48. The van der Waals surface area contributed by atoms with Crippen LogP contribution in [-0.4, -0.2) is 14.8 Å². The van der Waals surface area contributed by atoms with Crippen molar-refractivity contribution in [1.82, 2.24) is 14.8 Å². The van der Waals surface area contributed by atoms with Crippen molar-refractivity contribution >= 4 is 23.8 Å². The first-order valence-corrected chi connectivity index (χ1v) is 6.70. The minimum absolute atomic E-state index is 0.0971. The van der Waals surface area contributed by atoms with Crippen LogP contribution in [0.3, 0.4) is 0 Å². The zero-order chi connectivity index (χ0) is 14.5. The van der Waals surface area contributed by atoms with Crippen LogP contribution >= 0.6 is 23.8 Å². The highest BCUT2D eigenvalue weighted by Crippen LogP contribution is 2.39. The summed E-state index contributed by atoms with van der Waals surface area (Å²) in [5, 5.41) is 2.95. The third-order valence-electron chi connectivity index (χ3n) is 3.12. The fourth-order valence-electron chi connectivity index (χ4n) is 1.93. The van der Waals surface area contributed by atoms with Crippen molar-refractivity contribution in [2.75, 3.05) is 0 Å². The fraction of sp³-hybridized carbons (Fsp3) is 0.333. The van der Waals surface area contributed by atoms with Crippen LogP contribution in [0.2, 0.25) is 5.02 Å². The van der Waals surface area contributed by atoms with Gasteiger partial charge in [-0.3, -0.25) is 5.10 Å². The molecule has 1 fully saturated rings. The van der Waals surface area contributed by atoms with Gasteiger partial charge in [0.2, 0.25) is 0 Å². The lowest BCUT2D eigenvalue weighted by atomic mass is 10.3. The number of nitrogens with one attached hydrogen (secondary N) is 1. The molecule has 0 aromatic carbocycles. The number of rotatable bonds is 2. The molecule has 0 bridgehead atoms. The molecule has 20 heavy (non-hydrogen) atoms. The van der Waals surface area contributed by atoms with Gasteiger partial charge in [-0.05, 0) is 25.0 Å². The number of aromatic nitrogens is 3. The lowest BCUT2D eigenvalue weighted by molar-refractivity contribution is -0.137. The third-order valence-corrected chi connectivity index (χ3v) is 3.70. The number of H-pyrrole nitrogens is 1. The summed E-state index contributed by atoms with van der Waals surface area (Å²) in [6.45, 7) is 0. The average molecular weight is 320 g/mol. The van der Waals surface area contributed by atoms with Crippen LogP contribution in [0.1, 0.15) is 30.0 Å². The molecule has 1 aliphatic carbocycles. The maximum atomic E-state index is 12.6. The molecule has 1 saturated carbocycles. The molecule has 0 aliphatic heterocycles. The number of nitrogens with zero attached hydrogens (tertiary/aromatic N) is 2. The summed E-state index contributed by atoms with van der Waals surface area (Å²) in [5.41, 5.74) is 0.0829. The Bertz CT molecular complexity index is 715. The summed E-state index contributed by atoms with van der Waals surface area (Å²) in [6, 6.07) is 2.64. The normalized spacial score (nSPS) is 15.6. The molecule has 0 saturated heterocycles. The summed E-state index contributed by atoms with van der Waals surface area (Å²) >= 11 is 11.1. The maximum absolute atomic E-state index is 12.6. The molecule has 8 heteroatoms. The zero-order valence-corrected chi connectivity index (χ0v) is 11.6. The summed E-state index contributed by atoms with van der Waals surface area (Å²) in [6.07, 6.45) is -1.54. The SMILES string of the molecule is FC(F)(F)c1cnc(-n2[nH]c(C3CC3)cc2=S)c(Cl)c1. The summed E-state index contributed by atoms with van der Waals surface area (Å²) in [7, 11) is 0. The first-order chi connectivity index (χ1) is 9.36. The first-order valence-electron chi connectivity index (χ1n) is 5.91. The molecule has 0 atom stereocenters. The molecule has 1 N–H and O–H groups in total. The second-order valence-electron chi connectivity index (χ2n) is 4.69. The number of pyridine rings is 1. The van der Waals surface area contributed by atoms with Crippen molar-refractivity contribution in [3.8, 4) is 5.82 Å². The van der Waals surface area contributed by atoms with Crippen LogP contribution in [0, 0.1) is 4.64 Å². The second kappa shape index (κ2) is 4.60. The molecule has 0 amide bonds. The Morgan fingerprint density at radius 3 is 2.60 bits per heavy atom. The Balaban J connectivity index is 2.04. The van der Waals surface area contributed by atoms with Gasteiger partial charge in [0.1, 0.15) is 4.64 Å². The molecule has 0 unspecified atom stereocenters. The molecule has 3 nitrogen and oxygen atoms in total. The monoisotopic (exact) mass is 319 g/mol. The number of alkyl halides is 3. The van der Waals surface area contributed by atoms with E-state index in [1.165, 1.54) is 4.68 Å². The van der Waals surface area contributed by atoms with Crippen molar-refractivity contribution in [3.63, 3.8) is 0 Å². The lowest BCUT2D eigenvalue weighted by Crippen LogP contribution is -2.08. The first kappa shape index (κ1) is 13.6. The molecular weight excluding hydrogens is 311 g/mol. The van der Waals surface area contributed by atoms with Gasteiger partial charge in [-0.2, -0.15) is 13.2 Å². The van der Waals surface area contributed by atoms with Crippen molar-refractivity contribution in [3.05, 3.63) is 39.3 Å². The molecule has 1 aliphatic rings. The van der Waals surface area contributed by atoms with E-state index >= 15 is 0 Å². The van der Waals surface area contributed by atoms with Gasteiger partial charge >= 0.3 is 6.18 Å². The standard InChI is InChI=1S/C12H9ClF3N3S/c13-8-3-7(12(14,15)16)5-17-11(8)19-10(20)4-9(18-19)6-1-2-6/h3-6,18H,1-2H2. The van der Waals surface area contributed by atoms with E-state index in [0.29, 0.717) is 10.6 Å². The Morgan fingerprint density at radius 2 is 2.05 bits per heavy atom. The highest BCUT2D eigenvalue weighted by atomic mass is 35.5. The Hall–Kier alpha value is -1.34. The van der Waals surface area contributed by atoms with Crippen molar-refractivity contribution in [2.24, 2.45) is 0 Å². The van der Waals surface area contributed by atoms with Gasteiger partial charge in [0, 0.05) is 17.8 Å². The Kier molecular flexibility index (Phi) is 3.13. The van der Waals surface area contributed by atoms with Gasteiger partial charge in [-0.1, -0.05) is 23.8 Å². The smallest absolute Gasteiger partial charge is 0.295 e. The van der Waals surface area contributed by atoms with Crippen molar-refractivity contribution in [2.45, 2.75) is 24.9 Å². The molecule has 0 radical (unpaired) electrons. The maximum Gasteiger partial charge on any atom is 0.417 e. The van der Waals surface area contributed by atoms with Crippen molar-refractivity contribution in [1.29, 1.82) is 0 Å².